The Hall–Kier alpha value is -1.12. The van der Waals surface area contributed by atoms with Gasteiger partial charge in [0.2, 0.25) is 5.91 Å². The summed E-state index contributed by atoms with van der Waals surface area (Å²) >= 11 is 1.09. The molecule has 1 aliphatic carbocycles. The van der Waals surface area contributed by atoms with Gasteiger partial charge in [0.1, 0.15) is 11.8 Å². The lowest BCUT2D eigenvalue weighted by Gasteiger charge is -2.36. The number of likely N-dealkylation sites (tertiary alicyclic amines) is 1. The van der Waals surface area contributed by atoms with Crippen LogP contribution in [-0.2, 0) is 14.8 Å². The lowest BCUT2D eigenvalue weighted by molar-refractivity contribution is -0.137. The van der Waals surface area contributed by atoms with Gasteiger partial charge in [-0.2, -0.15) is 4.72 Å². The summed E-state index contributed by atoms with van der Waals surface area (Å²) in [4.78, 5) is 15.2. The minimum absolute atomic E-state index is 0.102. The number of nitrogens with one attached hydrogen (secondary N) is 1. The number of hydrogen-bond donors (Lipinski definition) is 1. The van der Waals surface area contributed by atoms with Crippen LogP contribution >= 0.6 is 11.3 Å². The van der Waals surface area contributed by atoms with E-state index in [9.17, 15) is 13.2 Å². The van der Waals surface area contributed by atoms with E-state index in [-0.39, 0.29) is 21.6 Å². The maximum Gasteiger partial charge on any atom is 0.254 e. The minimum Gasteiger partial charge on any atom is -0.494 e. The molecule has 1 aliphatic heterocycles. The van der Waals surface area contributed by atoms with E-state index >= 15 is 0 Å². The van der Waals surface area contributed by atoms with Crippen LogP contribution in [0.5, 0.6) is 5.75 Å². The number of ether oxygens (including phenoxy) is 1. The van der Waals surface area contributed by atoms with Gasteiger partial charge in [-0.05, 0) is 41.0 Å². The van der Waals surface area contributed by atoms with Crippen molar-refractivity contribution in [3.05, 3.63) is 11.4 Å². The van der Waals surface area contributed by atoms with Crippen LogP contribution in [0, 0.1) is 22.7 Å². The van der Waals surface area contributed by atoms with Crippen molar-refractivity contribution in [3.8, 4) is 5.75 Å². The fourth-order valence-corrected chi connectivity index (χ4v) is 7.25. The molecule has 8 heteroatoms. The molecule has 1 aromatic rings. The molecule has 1 unspecified atom stereocenters. The van der Waals surface area contributed by atoms with Crippen molar-refractivity contribution in [2.75, 3.05) is 13.7 Å². The molecule has 3 rings (SSSR count). The Labute approximate surface area is 166 Å². The summed E-state index contributed by atoms with van der Waals surface area (Å²) in [5.41, 5.74) is -0.284. The Bertz CT molecular complexity index is 838. The van der Waals surface area contributed by atoms with Crippen LogP contribution in [0.4, 0.5) is 0 Å². The van der Waals surface area contributed by atoms with Crippen LogP contribution in [0.3, 0.4) is 0 Å². The van der Waals surface area contributed by atoms with E-state index in [2.05, 4.69) is 25.5 Å². The Morgan fingerprint density at radius 1 is 1.41 bits per heavy atom. The number of carbonyl (C=O) groups is 1. The Morgan fingerprint density at radius 3 is 2.52 bits per heavy atom. The third-order valence-electron chi connectivity index (χ3n) is 6.27. The van der Waals surface area contributed by atoms with Gasteiger partial charge < -0.3 is 9.64 Å². The van der Waals surface area contributed by atoms with Crippen LogP contribution in [0.25, 0.3) is 0 Å². The largest absolute Gasteiger partial charge is 0.494 e. The van der Waals surface area contributed by atoms with Crippen LogP contribution in [0.2, 0.25) is 0 Å². The van der Waals surface area contributed by atoms with Crippen molar-refractivity contribution in [2.45, 2.75) is 57.8 Å². The van der Waals surface area contributed by atoms with Crippen molar-refractivity contribution in [2.24, 2.45) is 22.7 Å². The van der Waals surface area contributed by atoms with Crippen LogP contribution < -0.4 is 9.46 Å². The van der Waals surface area contributed by atoms with E-state index in [1.165, 1.54) is 7.11 Å². The molecule has 152 valence electrons. The molecule has 2 heterocycles. The molecular weight excluding hydrogens is 384 g/mol. The highest BCUT2D eigenvalue weighted by molar-refractivity contribution is 7.91. The first-order chi connectivity index (χ1) is 12.3. The highest BCUT2D eigenvalue weighted by Gasteiger charge is 2.66. The predicted molar refractivity (Wildman–Crippen MR) is 106 cm³/mol. The third kappa shape index (κ3) is 3.40. The van der Waals surface area contributed by atoms with E-state index in [1.54, 1.807) is 11.4 Å². The molecule has 2 fully saturated rings. The summed E-state index contributed by atoms with van der Waals surface area (Å²) in [6, 6.07) is 0.908. The second kappa shape index (κ2) is 6.46. The van der Waals surface area contributed by atoms with Gasteiger partial charge in [-0.25, -0.2) is 8.42 Å². The molecular formula is C19H30N2O4S2. The maximum absolute atomic E-state index is 13.4. The summed E-state index contributed by atoms with van der Waals surface area (Å²) in [7, 11) is -2.43. The molecule has 0 radical (unpaired) electrons. The van der Waals surface area contributed by atoms with Gasteiger partial charge in [0.05, 0.1) is 7.11 Å². The Morgan fingerprint density at radius 2 is 2.04 bits per heavy atom. The number of piperidine rings is 1. The second-order valence-electron chi connectivity index (χ2n) is 9.38. The lowest BCUT2D eigenvalue weighted by atomic mass is 9.86. The van der Waals surface area contributed by atoms with Gasteiger partial charge in [0.15, 0.2) is 4.21 Å². The molecule has 27 heavy (non-hydrogen) atoms. The van der Waals surface area contributed by atoms with Crippen molar-refractivity contribution in [1.29, 1.82) is 0 Å². The maximum atomic E-state index is 13.4. The number of sulfonamides is 1. The first-order valence-electron chi connectivity index (χ1n) is 9.26. The number of amides is 1. The molecule has 1 saturated carbocycles. The first kappa shape index (κ1) is 20.6. The molecule has 1 amide bonds. The van der Waals surface area contributed by atoms with E-state index in [0.717, 1.165) is 11.3 Å². The van der Waals surface area contributed by atoms with E-state index in [0.29, 0.717) is 24.1 Å². The summed E-state index contributed by atoms with van der Waals surface area (Å²) in [6.07, 6.45) is 0. The van der Waals surface area contributed by atoms with Crippen LogP contribution in [0.15, 0.2) is 15.7 Å². The van der Waals surface area contributed by atoms with Crippen LogP contribution in [-0.4, -0.2) is 45.0 Å². The summed E-state index contributed by atoms with van der Waals surface area (Å²) in [6.45, 7) is 12.9. The van der Waals surface area contributed by atoms with Crippen molar-refractivity contribution in [3.63, 3.8) is 0 Å². The lowest BCUT2D eigenvalue weighted by Crippen LogP contribution is -2.56. The molecule has 1 saturated heterocycles. The molecule has 2 aliphatic rings. The van der Waals surface area contributed by atoms with Crippen molar-refractivity contribution < 1.29 is 17.9 Å². The fraction of sp³-hybridized carbons (Fsp3) is 0.737. The average molecular weight is 415 g/mol. The predicted octanol–water partition coefficient (Wildman–Crippen LogP) is 2.95. The van der Waals surface area contributed by atoms with Gasteiger partial charge in [-0.1, -0.05) is 34.6 Å². The molecule has 4 atom stereocenters. The third-order valence-corrected chi connectivity index (χ3v) is 9.14. The number of carbonyl (C=O) groups excluding carboxylic acids is 1. The smallest absolute Gasteiger partial charge is 0.254 e. The van der Waals surface area contributed by atoms with E-state index in [1.807, 2.05) is 25.7 Å². The van der Waals surface area contributed by atoms with Gasteiger partial charge in [-0.15, -0.1) is 11.3 Å². The fourth-order valence-electron chi connectivity index (χ4n) is 4.56. The van der Waals surface area contributed by atoms with Gasteiger partial charge in [-0.3, -0.25) is 4.79 Å². The van der Waals surface area contributed by atoms with Crippen molar-refractivity contribution in [1.82, 2.24) is 9.62 Å². The molecule has 1 aromatic heterocycles. The van der Waals surface area contributed by atoms with Crippen molar-refractivity contribution >= 4 is 27.3 Å². The second-order valence-corrected chi connectivity index (χ2v) is 12.2. The molecule has 6 nitrogen and oxygen atoms in total. The zero-order valence-electron chi connectivity index (χ0n) is 17.1. The number of hydrogen-bond acceptors (Lipinski definition) is 5. The first-order valence-corrected chi connectivity index (χ1v) is 11.6. The van der Waals surface area contributed by atoms with E-state index in [4.69, 9.17) is 4.74 Å². The zero-order valence-corrected chi connectivity index (χ0v) is 18.7. The van der Waals surface area contributed by atoms with Crippen LogP contribution in [0.1, 0.15) is 41.5 Å². The van der Waals surface area contributed by atoms with Gasteiger partial charge >= 0.3 is 0 Å². The van der Waals surface area contributed by atoms with Gasteiger partial charge in [0, 0.05) is 12.6 Å². The summed E-state index contributed by atoms with van der Waals surface area (Å²) in [5.74, 6) is 1.16. The monoisotopic (exact) mass is 414 g/mol. The minimum atomic E-state index is -3.86. The Kier molecular flexibility index (Phi) is 4.93. The average Bonchev–Trinajstić information content (AvgIpc) is 2.93. The molecule has 0 spiro atoms. The Balaban J connectivity index is 1.85. The quantitative estimate of drug-likeness (QED) is 0.804. The number of nitrogens with zero attached hydrogens (tertiary/aromatic N) is 1. The number of fused-ring (bicyclic) bond motifs is 1. The zero-order chi connectivity index (χ0) is 20.4. The molecule has 0 bridgehead atoms. The van der Waals surface area contributed by atoms with E-state index < -0.39 is 21.5 Å². The molecule has 1 N–H and O–H groups in total. The number of thiophene rings is 1. The highest BCUT2D eigenvalue weighted by Crippen LogP contribution is 2.64. The number of methoxy groups -OCH3 is 1. The summed E-state index contributed by atoms with van der Waals surface area (Å²) < 4.78 is 33.8. The number of rotatable bonds is 5. The molecule has 0 aromatic carbocycles. The highest BCUT2D eigenvalue weighted by atomic mass is 32.2. The topological polar surface area (TPSA) is 75.7 Å². The summed E-state index contributed by atoms with van der Waals surface area (Å²) in [5, 5.41) is 1.67. The van der Waals surface area contributed by atoms with Gasteiger partial charge in [0.25, 0.3) is 10.0 Å². The standard InChI is InChI=1S/C19H30N2O4S2/c1-11-14-12(19(14,5)6)10-21(11)16(22)15(18(2,3)4)20-27(23,24)17-13(25-7)8-9-26-17/h8-9,11-12,14-15,20H,10H2,1-7H3/t11-,12?,14-,15-/m1/s1. The normalized spacial score (nSPS) is 28.0. The SMILES string of the molecule is COc1ccsc1S(=O)(=O)N[C@H](C(=O)N1CC2[C@@H]([C@H]1C)C2(C)C)C(C)(C)C.